The van der Waals surface area contributed by atoms with Crippen LogP contribution in [0.2, 0.25) is 0 Å². The van der Waals surface area contributed by atoms with Crippen molar-refractivity contribution in [2.45, 2.75) is 46.7 Å². The number of aryl methyl sites for hydroxylation is 1. The number of aromatic nitrogens is 5. The molecule has 0 bridgehead atoms. The predicted octanol–water partition coefficient (Wildman–Crippen LogP) is 2.42. The zero-order chi connectivity index (χ0) is 18.4. The molecule has 0 aliphatic heterocycles. The van der Waals surface area contributed by atoms with Crippen LogP contribution >= 0.6 is 0 Å². The molecule has 0 saturated carbocycles. The maximum absolute atomic E-state index is 12.8. The zero-order valence-corrected chi connectivity index (χ0v) is 15.5. The Morgan fingerprint density at radius 1 is 1.16 bits per heavy atom. The lowest BCUT2D eigenvalue weighted by molar-refractivity contribution is 0.365. The third-order valence-corrected chi connectivity index (χ3v) is 4.26. The lowest BCUT2D eigenvalue weighted by Crippen LogP contribution is -2.26. The molecule has 0 amide bonds. The number of nitrogens with zero attached hydrogens (tertiary/aromatic N) is 5. The van der Waals surface area contributed by atoms with E-state index in [1.54, 1.807) is 35.1 Å². The SMILES string of the molecule is COc1c(C)cnc(Cn2cnc3c(cnn3C(C)(C)C)c2=O)c1C. The van der Waals surface area contributed by atoms with Gasteiger partial charge in [-0.2, -0.15) is 5.10 Å². The maximum atomic E-state index is 12.8. The van der Waals surface area contributed by atoms with E-state index in [1.165, 1.54) is 0 Å². The van der Waals surface area contributed by atoms with Crippen LogP contribution < -0.4 is 10.3 Å². The first-order valence-electron chi connectivity index (χ1n) is 8.16. The smallest absolute Gasteiger partial charge is 0.264 e. The molecule has 3 aromatic rings. The van der Waals surface area contributed by atoms with Crippen molar-refractivity contribution in [2.24, 2.45) is 0 Å². The number of hydrogen-bond donors (Lipinski definition) is 0. The van der Waals surface area contributed by atoms with Crippen LogP contribution in [0, 0.1) is 13.8 Å². The fourth-order valence-electron chi connectivity index (χ4n) is 2.94. The Bertz CT molecular complexity index is 995. The van der Waals surface area contributed by atoms with Gasteiger partial charge in [0.05, 0.1) is 31.1 Å². The quantitative estimate of drug-likeness (QED) is 0.731. The van der Waals surface area contributed by atoms with Crippen LogP contribution in [-0.2, 0) is 12.1 Å². The highest BCUT2D eigenvalue weighted by Gasteiger charge is 2.20. The van der Waals surface area contributed by atoms with Gasteiger partial charge >= 0.3 is 0 Å². The van der Waals surface area contributed by atoms with Crippen LogP contribution in [0.5, 0.6) is 5.75 Å². The molecular weight excluding hydrogens is 318 g/mol. The first-order valence-corrected chi connectivity index (χ1v) is 8.16. The average molecular weight is 341 g/mol. The lowest BCUT2D eigenvalue weighted by Gasteiger charge is -2.19. The summed E-state index contributed by atoms with van der Waals surface area (Å²) in [5.74, 6) is 0.799. The van der Waals surface area contributed by atoms with Gasteiger partial charge in [0.1, 0.15) is 17.5 Å². The molecule has 3 heterocycles. The molecule has 0 radical (unpaired) electrons. The summed E-state index contributed by atoms with van der Waals surface area (Å²) in [6, 6.07) is 0. The van der Waals surface area contributed by atoms with Crippen LogP contribution in [0.25, 0.3) is 11.0 Å². The summed E-state index contributed by atoms with van der Waals surface area (Å²) in [5, 5.41) is 4.85. The molecule has 0 aliphatic rings. The van der Waals surface area contributed by atoms with E-state index in [-0.39, 0.29) is 11.1 Å². The molecule has 0 unspecified atom stereocenters. The van der Waals surface area contributed by atoms with E-state index >= 15 is 0 Å². The van der Waals surface area contributed by atoms with Crippen molar-refractivity contribution < 1.29 is 4.74 Å². The molecule has 3 rings (SSSR count). The van der Waals surface area contributed by atoms with Crippen LogP contribution in [0.15, 0.2) is 23.5 Å². The van der Waals surface area contributed by atoms with Crippen molar-refractivity contribution in [2.75, 3.05) is 7.11 Å². The van der Waals surface area contributed by atoms with Crippen molar-refractivity contribution >= 4 is 11.0 Å². The summed E-state index contributed by atoms with van der Waals surface area (Å²) in [5.41, 5.74) is 2.92. The van der Waals surface area contributed by atoms with Crippen molar-refractivity contribution in [3.05, 3.63) is 45.9 Å². The molecule has 7 heteroatoms. The molecule has 7 nitrogen and oxygen atoms in total. The van der Waals surface area contributed by atoms with E-state index in [0.717, 1.165) is 22.6 Å². The molecule has 0 saturated heterocycles. The number of fused-ring (bicyclic) bond motifs is 1. The first kappa shape index (κ1) is 17.1. The molecular formula is C18H23N5O2. The Kier molecular flexibility index (Phi) is 4.10. The van der Waals surface area contributed by atoms with Crippen molar-refractivity contribution in [1.82, 2.24) is 24.3 Å². The van der Waals surface area contributed by atoms with Gasteiger partial charge in [0, 0.05) is 17.3 Å². The highest BCUT2D eigenvalue weighted by Crippen LogP contribution is 2.24. The summed E-state index contributed by atoms with van der Waals surface area (Å²) in [6.45, 7) is 10.3. The lowest BCUT2D eigenvalue weighted by atomic mass is 10.1. The van der Waals surface area contributed by atoms with E-state index in [1.807, 2.05) is 34.6 Å². The Labute approximate surface area is 146 Å². The second kappa shape index (κ2) is 5.98. The molecule has 25 heavy (non-hydrogen) atoms. The summed E-state index contributed by atoms with van der Waals surface area (Å²) in [7, 11) is 1.64. The fraction of sp³-hybridized carbons (Fsp3) is 0.444. The third-order valence-electron chi connectivity index (χ3n) is 4.26. The van der Waals surface area contributed by atoms with Crippen molar-refractivity contribution in [1.29, 1.82) is 0 Å². The Morgan fingerprint density at radius 2 is 1.88 bits per heavy atom. The molecule has 0 fully saturated rings. The number of hydrogen-bond acceptors (Lipinski definition) is 5. The molecule has 3 aromatic heterocycles. The minimum Gasteiger partial charge on any atom is -0.496 e. The summed E-state index contributed by atoms with van der Waals surface area (Å²) >= 11 is 0. The highest BCUT2D eigenvalue weighted by atomic mass is 16.5. The van der Waals surface area contributed by atoms with E-state index in [0.29, 0.717) is 17.6 Å². The number of ether oxygens (including phenoxy) is 1. The first-order chi connectivity index (χ1) is 11.7. The second-order valence-electron chi connectivity index (χ2n) is 7.19. The minimum absolute atomic E-state index is 0.124. The Balaban J connectivity index is 2.07. The van der Waals surface area contributed by atoms with Crippen molar-refractivity contribution in [3.63, 3.8) is 0 Å². The zero-order valence-electron chi connectivity index (χ0n) is 15.5. The van der Waals surface area contributed by atoms with E-state index < -0.39 is 0 Å². The van der Waals surface area contributed by atoms with Crippen LogP contribution in [0.1, 0.15) is 37.6 Å². The van der Waals surface area contributed by atoms with Gasteiger partial charge in [-0.15, -0.1) is 0 Å². The monoisotopic (exact) mass is 341 g/mol. The molecule has 0 N–H and O–H groups in total. The molecule has 0 spiro atoms. The minimum atomic E-state index is -0.240. The number of pyridine rings is 1. The van der Waals surface area contributed by atoms with Crippen LogP contribution in [0.4, 0.5) is 0 Å². The van der Waals surface area contributed by atoms with Gasteiger partial charge in [0.2, 0.25) is 0 Å². The Hall–Kier alpha value is -2.70. The summed E-state index contributed by atoms with van der Waals surface area (Å²) in [6.07, 6.45) is 4.90. The third kappa shape index (κ3) is 2.90. The normalized spacial score (nSPS) is 11.9. The number of methoxy groups -OCH3 is 1. The van der Waals surface area contributed by atoms with Gasteiger partial charge in [-0.05, 0) is 34.6 Å². The van der Waals surface area contributed by atoms with Gasteiger partial charge in [-0.25, -0.2) is 9.67 Å². The predicted molar refractivity (Wildman–Crippen MR) is 96.1 cm³/mol. The fourth-order valence-corrected chi connectivity index (χ4v) is 2.94. The molecule has 0 atom stereocenters. The summed E-state index contributed by atoms with van der Waals surface area (Å²) in [4.78, 5) is 21.7. The van der Waals surface area contributed by atoms with E-state index in [2.05, 4.69) is 15.1 Å². The van der Waals surface area contributed by atoms with Gasteiger partial charge in [-0.3, -0.25) is 14.3 Å². The second-order valence-corrected chi connectivity index (χ2v) is 7.19. The molecule has 0 aliphatic carbocycles. The average Bonchev–Trinajstić information content (AvgIpc) is 2.98. The Morgan fingerprint density at radius 3 is 2.52 bits per heavy atom. The largest absolute Gasteiger partial charge is 0.496 e. The van der Waals surface area contributed by atoms with E-state index in [9.17, 15) is 4.79 Å². The topological polar surface area (TPSA) is 74.8 Å². The molecule has 132 valence electrons. The van der Waals surface area contributed by atoms with Crippen LogP contribution in [0.3, 0.4) is 0 Å². The standard InChI is InChI=1S/C18H23N5O2/c1-11-7-19-14(12(2)15(11)25-6)9-22-10-20-16-13(17(22)24)8-21-23(16)18(3,4)5/h7-8,10H,9H2,1-6H3. The van der Waals surface area contributed by atoms with Gasteiger partial charge in [0.15, 0.2) is 5.65 Å². The number of rotatable bonds is 3. The van der Waals surface area contributed by atoms with Gasteiger partial charge < -0.3 is 4.74 Å². The van der Waals surface area contributed by atoms with Gasteiger partial charge in [-0.1, -0.05) is 0 Å². The molecule has 0 aromatic carbocycles. The van der Waals surface area contributed by atoms with Crippen molar-refractivity contribution in [3.8, 4) is 5.75 Å². The van der Waals surface area contributed by atoms with Gasteiger partial charge in [0.25, 0.3) is 5.56 Å². The highest BCUT2D eigenvalue weighted by molar-refractivity contribution is 5.73. The van der Waals surface area contributed by atoms with Crippen LogP contribution in [-0.4, -0.2) is 31.4 Å². The summed E-state index contributed by atoms with van der Waals surface area (Å²) < 4.78 is 8.77. The maximum Gasteiger partial charge on any atom is 0.264 e. The van der Waals surface area contributed by atoms with E-state index in [4.69, 9.17) is 4.74 Å².